The molecule has 25 heavy (non-hydrogen) atoms. The number of carbonyl (C=O) groups is 2. The summed E-state index contributed by atoms with van der Waals surface area (Å²) in [7, 11) is 0. The van der Waals surface area contributed by atoms with Gasteiger partial charge in [-0.2, -0.15) is 0 Å². The normalized spacial score (nSPS) is 19.3. The van der Waals surface area contributed by atoms with Crippen molar-refractivity contribution in [1.82, 2.24) is 15.5 Å². The number of nitrogens with one attached hydrogen (secondary N) is 2. The van der Waals surface area contributed by atoms with Crippen LogP contribution in [0.1, 0.15) is 44.9 Å². The molecule has 2 fully saturated rings. The lowest BCUT2D eigenvalue weighted by molar-refractivity contribution is 0.136. The van der Waals surface area contributed by atoms with Gasteiger partial charge in [-0.3, -0.25) is 0 Å². The zero-order valence-corrected chi connectivity index (χ0v) is 14.6. The molecule has 3 amide bonds. The second kappa shape index (κ2) is 8.74. The standard InChI is InChI=1S/C19H27N3O3/c23-18(20-15-7-3-1-4-8-15)21-16-11-13-22(14-12-16)19(24)25-17-9-5-2-6-10-17/h2,5-6,9-10,15-16H,1,3-4,7-8,11-14H2,(H2,20,21,23). The number of ether oxygens (including phenoxy) is 1. The molecular weight excluding hydrogens is 318 g/mol. The van der Waals surface area contributed by atoms with Gasteiger partial charge in [-0.15, -0.1) is 0 Å². The Morgan fingerprint density at radius 3 is 2.12 bits per heavy atom. The molecule has 0 radical (unpaired) electrons. The lowest BCUT2D eigenvalue weighted by Crippen LogP contribution is -2.51. The third kappa shape index (κ3) is 5.37. The predicted octanol–water partition coefficient (Wildman–Crippen LogP) is 3.28. The van der Waals surface area contributed by atoms with Crippen molar-refractivity contribution in [2.45, 2.75) is 57.0 Å². The van der Waals surface area contributed by atoms with Crippen molar-refractivity contribution in [2.75, 3.05) is 13.1 Å². The molecule has 0 spiro atoms. The summed E-state index contributed by atoms with van der Waals surface area (Å²) < 4.78 is 5.36. The van der Waals surface area contributed by atoms with Crippen molar-refractivity contribution in [3.05, 3.63) is 30.3 Å². The molecule has 2 aliphatic rings. The van der Waals surface area contributed by atoms with E-state index in [1.54, 1.807) is 17.0 Å². The lowest BCUT2D eigenvalue weighted by Gasteiger charge is -2.32. The third-order valence-corrected chi connectivity index (χ3v) is 4.98. The minimum absolute atomic E-state index is 0.0720. The number of carbonyl (C=O) groups excluding carboxylic acids is 2. The first kappa shape index (κ1) is 17.6. The van der Waals surface area contributed by atoms with Gasteiger partial charge >= 0.3 is 12.1 Å². The number of hydrogen-bond donors (Lipinski definition) is 2. The summed E-state index contributed by atoms with van der Waals surface area (Å²) in [6.45, 7) is 1.19. The molecule has 3 rings (SSSR count). The van der Waals surface area contributed by atoms with Gasteiger partial charge in [0.2, 0.25) is 0 Å². The average molecular weight is 345 g/mol. The largest absolute Gasteiger partial charge is 0.415 e. The monoisotopic (exact) mass is 345 g/mol. The summed E-state index contributed by atoms with van der Waals surface area (Å²) in [5, 5.41) is 6.12. The van der Waals surface area contributed by atoms with E-state index >= 15 is 0 Å². The summed E-state index contributed by atoms with van der Waals surface area (Å²) in [5.41, 5.74) is 0. The van der Waals surface area contributed by atoms with Crippen LogP contribution in [-0.2, 0) is 0 Å². The highest BCUT2D eigenvalue weighted by Gasteiger charge is 2.25. The Labute approximate surface area is 148 Å². The molecule has 6 nitrogen and oxygen atoms in total. The molecular formula is C19H27N3O3. The number of rotatable bonds is 3. The van der Waals surface area contributed by atoms with Crippen LogP contribution in [0, 0.1) is 0 Å². The van der Waals surface area contributed by atoms with Crippen LogP contribution in [0.2, 0.25) is 0 Å². The highest BCUT2D eigenvalue weighted by atomic mass is 16.6. The Morgan fingerprint density at radius 1 is 0.880 bits per heavy atom. The van der Waals surface area contributed by atoms with Crippen molar-refractivity contribution < 1.29 is 14.3 Å². The number of amides is 3. The van der Waals surface area contributed by atoms with Crippen molar-refractivity contribution in [3.8, 4) is 5.75 Å². The maximum Gasteiger partial charge on any atom is 0.415 e. The molecule has 1 saturated carbocycles. The van der Waals surface area contributed by atoms with Crippen LogP contribution in [0.25, 0.3) is 0 Å². The predicted molar refractivity (Wildman–Crippen MR) is 95.6 cm³/mol. The van der Waals surface area contributed by atoms with Crippen LogP contribution in [0.15, 0.2) is 30.3 Å². The van der Waals surface area contributed by atoms with Crippen molar-refractivity contribution in [2.24, 2.45) is 0 Å². The van der Waals surface area contributed by atoms with Crippen molar-refractivity contribution in [3.63, 3.8) is 0 Å². The van der Waals surface area contributed by atoms with Crippen LogP contribution in [0.3, 0.4) is 0 Å². The maximum absolute atomic E-state index is 12.2. The van der Waals surface area contributed by atoms with Crippen LogP contribution < -0.4 is 15.4 Å². The van der Waals surface area contributed by atoms with Crippen LogP contribution >= 0.6 is 0 Å². The van der Waals surface area contributed by atoms with Gasteiger partial charge in [-0.1, -0.05) is 37.5 Å². The molecule has 1 saturated heterocycles. The summed E-state index contributed by atoms with van der Waals surface area (Å²) >= 11 is 0. The number of hydrogen-bond acceptors (Lipinski definition) is 3. The Bertz CT molecular complexity index is 565. The molecule has 1 heterocycles. The molecule has 0 bridgehead atoms. The minimum Gasteiger partial charge on any atom is -0.410 e. The van der Waals surface area contributed by atoms with Crippen molar-refractivity contribution in [1.29, 1.82) is 0 Å². The van der Waals surface area contributed by atoms with Gasteiger partial charge in [0.25, 0.3) is 0 Å². The van der Waals surface area contributed by atoms with Crippen LogP contribution in [0.4, 0.5) is 9.59 Å². The molecule has 1 aromatic rings. The molecule has 136 valence electrons. The number of likely N-dealkylation sites (tertiary alicyclic amines) is 1. The van der Waals surface area contributed by atoms with E-state index in [4.69, 9.17) is 4.74 Å². The summed E-state index contributed by atoms with van der Waals surface area (Å²) in [5.74, 6) is 0.555. The number of para-hydroxylation sites is 1. The Balaban J connectivity index is 1.37. The lowest BCUT2D eigenvalue weighted by atomic mass is 9.96. The zero-order valence-electron chi connectivity index (χ0n) is 14.6. The molecule has 0 atom stereocenters. The number of piperidine rings is 1. The Hall–Kier alpha value is -2.24. The Morgan fingerprint density at radius 2 is 1.48 bits per heavy atom. The SMILES string of the molecule is O=C(NC1CCCCC1)NC1CCN(C(=O)Oc2ccccc2)CC1. The van der Waals surface area contributed by atoms with Gasteiger partial charge in [-0.25, -0.2) is 9.59 Å². The molecule has 1 aliphatic heterocycles. The van der Waals surface area contributed by atoms with E-state index in [0.717, 1.165) is 25.7 Å². The van der Waals surface area contributed by atoms with E-state index in [1.165, 1.54) is 19.3 Å². The van der Waals surface area contributed by atoms with E-state index in [0.29, 0.717) is 24.9 Å². The second-order valence-corrected chi connectivity index (χ2v) is 6.90. The maximum atomic E-state index is 12.2. The van der Waals surface area contributed by atoms with E-state index in [9.17, 15) is 9.59 Å². The van der Waals surface area contributed by atoms with Gasteiger partial charge in [0.15, 0.2) is 0 Å². The fraction of sp³-hybridized carbons (Fsp3) is 0.579. The summed E-state index contributed by atoms with van der Waals surface area (Å²) in [6, 6.07) is 9.44. The number of urea groups is 1. The highest BCUT2D eigenvalue weighted by Crippen LogP contribution is 2.18. The molecule has 1 aromatic carbocycles. The molecule has 1 aliphatic carbocycles. The van der Waals surface area contributed by atoms with Gasteiger partial charge in [-0.05, 0) is 37.8 Å². The first-order valence-corrected chi connectivity index (χ1v) is 9.29. The first-order valence-electron chi connectivity index (χ1n) is 9.29. The smallest absolute Gasteiger partial charge is 0.410 e. The highest BCUT2D eigenvalue weighted by molar-refractivity contribution is 5.74. The molecule has 0 unspecified atom stereocenters. The second-order valence-electron chi connectivity index (χ2n) is 6.90. The zero-order chi connectivity index (χ0) is 17.5. The quantitative estimate of drug-likeness (QED) is 0.883. The summed E-state index contributed by atoms with van der Waals surface area (Å²) in [6.07, 6.45) is 7.02. The van der Waals surface area contributed by atoms with E-state index in [-0.39, 0.29) is 18.2 Å². The number of benzene rings is 1. The average Bonchev–Trinajstić information content (AvgIpc) is 2.64. The molecule has 0 aromatic heterocycles. The van der Waals surface area contributed by atoms with Crippen LogP contribution in [0.5, 0.6) is 5.75 Å². The molecule has 6 heteroatoms. The van der Waals surface area contributed by atoms with Crippen LogP contribution in [-0.4, -0.2) is 42.2 Å². The van der Waals surface area contributed by atoms with Crippen molar-refractivity contribution >= 4 is 12.1 Å². The fourth-order valence-corrected chi connectivity index (χ4v) is 3.52. The third-order valence-electron chi connectivity index (χ3n) is 4.98. The van der Waals surface area contributed by atoms with E-state index < -0.39 is 0 Å². The van der Waals surface area contributed by atoms with Gasteiger partial charge in [0.05, 0.1) is 0 Å². The molecule has 2 N–H and O–H groups in total. The van der Waals surface area contributed by atoms with Gasteiger partial charge in [0.1, 0.15) is 5.75 Å². The van der Waals surface area contributed by atoms with Gasteiger partial charge in [0, 0.05) is 25.2 Å². The number of nitrogens with zero attached hydrogens (tertiary/aromatic N) is 1. The van der Waals surface area contributed by atoms with E-state index in [1.807, 2.05) is 18.2 Å². The first-order chi connectivity index (χ1) is 12.2. The topological polar surface area (TPSA) is 70.7 Å². The van der Waals surface area contributed by atoms with E-state index in [2.05, 4.69) is 10.6 Å². The minimum atomic E-state index is -0.323. The fourth-order valence-electron chi connectivity index (χ4n) is 3.52. The Kier molecular flexibility index (Phi) is 6.14. The summed E-state index contributed by atoms with van der Waals surface area (Å²) in [4.78, 5) is 26.0. The van der Waals surface area contributed by atoms with Gasteiger partial charge < -0.3 is 20.3 Å².